The molecule has 1 fully saturated rings. The molecule has 3 nitrogen and oxygen atoms in total. The van der Waals surface area contributed by atoms with Gasteiger partial charge in [0.25, 0.3) is 5.91 Å². The highest BCUT2D eigenvalue weighted by Crippen LogP contribution is 2.17. The minimum Gasteiger partial charge on any atom is -0.381 e. The quantitative estimate of drug-likeness (QED) is 0.851. The molecule has 0 spiro atoms. The molecule has 1 aromatic carbocycles. The summed E-state index contributed by atoms with van der Waals surface area (Å²) in [6, 6.07) is 7.34. The van der Waals surface area contributed by atoms with E-state index >= 15 is 0 Å². The Bertz CT molecular complexity index is 399. The van der Waals surface area contributed by atoms with E-state index in [0.717, 1.165) is 43.1 Å². The standard InChI is InChI=1S/C14H19NO2S/c1-15(10-11-6-8-17-9-7-11)14(16)12-2-4-13(18)5-3-12/h2-5,11,18H,6-10H2,1H3. The van der Waals surface area contributed by atoms with E-state index in [1.807, 2.05) is 36.2 Å². The van der Waals surface area contributed by atoms with E-state index in [1.165, 1.54) is 0 Å². The van der Waals surface area contributed by atoms with Crippen LogP contribution in [0.15, 0.2) is 29.2 Å². The summed E-state index contributed by atoms with van der Waals surface area (Å²) in [7, 11) is 1.87. The molecule has 1 amide bonds. The lowest BCUT2D eigenvalue weighted by molar-refractivity contribution is 0.0497. The van der Waals surface area contributed by atoms with Crippen molar-refractivity contribution >= 4 is 18.5 Å². The number of benzene rings is 1. The summed E-state index contributed by atoms with van der Waals surface area (Å²) >= 11 is 4.22. The normalized spacial score (nSPS) is 16.6. The van der Waals surface area contributed by atoms with E-state index in [0.29, 0.717) is 5.92 Å². The van der Waals surface area contributed by atoms with Gasteiger partial charge >= 0.3 is 0 Å². The van der Waals surface area contributed by atoms with Crippen LogP contribution in [-0.2, 0) is 4.74 Å². The molecule has 0 atom stereocenters. The van der Waals surface area contributed by atoms with Crippen LogP contribution in [0.5, 0.6) is 0 Å². The number of thiol groups is 1. The van der Waals surface area contributed by atoms with Crippen molar-refractivity contribution in [3.63, 3.8) is 0 Å². The summed E-state index contributed by atoms with van der Waals surface area (Å²) in [4.78, 5) is 14.9. The zero-order chi connectivity index (χ0) is 13.0. The van der Waals surface area contributed by atoms with Crippen molar-refractivity contribution in [2.45, 2.75) is 17.7 Å². The Labute approximate surface area is 114 Å². The first-order chi connectivity index (χ1) is 8.66. The molecular formula is C14H19NO2S. The SMILES string of the molecule is CN(CC1CCOCC1)C(=O)c1ccc(S)cc1. The number of amides is 1. The molecule has 1 heterocycles. The molecule has 0 aromatic heterocycles. The molecule has 0 saturated carbocycles. The van der Waals surface area contributed by atoms with E-state index < -0.39 is 0 Å². The van der Waals surface area contributed by atoms with Gasteiger partial charge in [-0.05, 0) is 43.0 Å². The van der Waals surface area contributed by atoms with Crippen LogP contribution < -0.4 is 0 Å². The maximum atomic E-state index is 12.2. The number of carbonyl (C=O) groups is 1. The van der Waals surface area contributed by atoms with Gasteiger partial charge in [0.15, 0.2) is 0 Å². The Morgan fingerprint density at radius 2 is 1.94 bits per heavy atom. The van der Waals surface area contributed by atoms with Crippen molar-refractivity contribution in [2.75, 3.05) is 26.8 Å². The monoisotopic (exact) mass is 265 g/mol. The zero-order valence-electron chi connectivity index (χ0n) is 10.6. The van der Waals surface area contributed by atoms with Crippen molar-refractivity contribution in [1.82, 2.24) is 4.90 Å². The van der Waals surface area contributed by atoms with Gasteiger partial charge in [-0.25, -0.2) is 0 Å². The molecular weight excluding hydrogens is 246 g/mol. The summed E-state index contributed by atoms with van der Waals surface area (Å²) < 4.78 is 5.33. The van der Waals surface area contributed by atoms with Crippen molar-refractivity contribution in [1.29, 1.82) is 0 Å². The van der Waals surface area contributed by atoms with Crippen molar-refractivity contribution < 1.29 is 9.53 Å². The van der Waals surface area contributed by atoms with Gasteiger partial charge in [-0.2, -0.15) is 0 Å². The van der Waals surface area contributed by atoms with E-state index in [1.54, 1.807) is 0 Å². The minimum absolute atomic E-state index is 0.0785. The lowest BCUT2D eigenvalue weighted by Crippen LogP contribution is -2.34. The van der Waals surface area contributed by atoms with Crippen molar-refractivity contribution in [2.24, 2.45) is 5.92 Å². The first-order valence-electron chi connectivity index (χ1n) is 6.29. The summed E-state index contributed by atoms with van der Waals surface area (Å²) in [5, 5.41) is 0. The van der Waals surface area contributed by atoms with Crippen LogP contribution in [0.4, 0.5) is 0 Å². The molecule has 1 aliphatic heterocycles. The van der Waals surface area contributed by atoms with Gasteiger partial charge < -0.3 is 9.64 Å². The van der Waals surface area contributed by atoms with Crippen LogP contribution in [0.2, 0.25) is 0 Å². The van der Waals surface area contributed by atoms with Gasteiger partial charge in [-0.15, -0.1) is 12.6 Å². The predicted octanol–water partition coefficient (Wildman–Crippen LogP) is 2.47. The lowest BCUT2D eigenvalue weighted by Gasteiger charge is -2.27. The summed E-state index contributed by atoms with van der Waals surface area (Å²) in [6.45, 7) is 2.45. The molecule has 0 bridgehead atoms. The molecule has 1 saturated heterocycles. The molecule has 98 valence electrons. The third kappa shape index (κ3) is 3.50. The van der Waals surface area contributed by atoms with Crippen LogP contribution in [0, 0.1) is 5.92 Å². The average Bonchev–Trinajstić information content (AvgIpc) is 2.40. The Morgan fingerprint density at radius 1 is 1.33 bits per heavy atom. The first kappa shape index (κ1) is 13.4. The molecule has 2 rings (SSSR count). The predicted molar refractivity (Wildman–Crippen MR) is 74.2 cm³/mol. The van der Waals surface area contributed by atoms with Gasteiger partial charge in [-0.1, -0.05) is 0 Å². The highest BCUT2D eigenvalue weighted by Gasteiger charge is 2.19. The lowest BCUT2D eigenvalue weighted by atomic mass is 9.99. The third-order valence-electron chi connectivity index (χ3n) is 3.33. The highest BCUT2D eigenvalue weighted by molar-refractivity contribution is 7.80. The van der Waals surface area contributed by atoms with Crippen LogP contribution in [0.3, 0.4) is 0 Å². The van der Waals surface area contributed by atoms with Gasteiger partial charge in [0.1, 0.15) is 0 Å². The maximum absolute atomic E-state index is 12.2. The molecule has 0 unspecified atom stereocenters. The second kappa shape index (κ2) is 6.25. The first-order valence-corrected chi connectivity index (χ1v) is 6.74. The zero-order valence-corrected chi connectivity index (χ0v) is 11.5. The van der Waals surface area contributed by atoms with E-state index in [4.69, 9.17) is 4.74 Å². The number of carbonyl (C=O) groups excluding carboxylic acids is 1. The van der Waals surface area contributed by atoms with Gasteiger partial charge in [-0.3, -0.25) is 4.79 Å². The molecule has 1 aliphatic rings. The Balaban J connectivity index is 1.93. The molecule has 18 heavy (non-hydrogen) atoms. The summed E-state index contributed by atoms with van der Waals surface area (Å²) in [6.07, 6.45) is 2.10. The fraction of sp³-hybridized carbons (Fsp3) is 0.500. The van der Waals surface area contributed by atoms with Gasteiger partial charge in [0, 0.05) is 37.3 Å². The summed E-state index contributed by atoms with van der Waals surface area (Å²) in [5.41, 5.74) is 0.724. The van der Waals surface area contributed by atoms with Crippen molar-refractivity contribution in [3.8, 4) is 0 Å². The van der Waals surface area contributed by atoms with E-state index in [-0.39, 0.29) is 5.91 Å². The van der Waals surface area contributed by atoms with Crippen LogP contribution in [0.1, 0.15) is 23.2 Å². The number of ether oxygens (including phenoxy) is 1. The Kier molecular flexibility index (Phi) is 4.66. The number of hydrogen-bond donors (Lipinski definition) is 1. The van der Waals surface area contributed by atoms with E-state index in [2.05, 4.69) is 12.6 Å². The molecule has 0 radical (unpaired) electrons. The van der Waals surface area contributed by atoms with E-state index in [9.17, 15) is 4.79 Å². The second-order valence-electron chi connectivity index (χ2n) is 4.79. The number of rotatable bonds is 3. The number of hydrogen-bond acceptors (Lipinski definition) is 3. The molecule has 1 aromatic rings. The van der Waals surface area contributed by atoms with Crippen molar-refractivity contribution in [3.05, 3.63) is 29.8 Å². The largest absolute Gasteiger partial charge is 0.381 e. The molecule has 4 heteroatoms. The fourth-order valence-electron chi connectivity index (χ4n) is 2.22. The highest BCUT2D eigenvalue weighted by atomic mass is 32.1. The van der Waals surface area contributed by atoms with Gasteiger partial charge in [0.2, 0.25) is 0 Å². The van der Waals surface area contributed by atoms with Gasteiger partial charge in [0.05, 0.1) is 0 Å². The molecule has 0 aliphatic carbocycles. The maximum Gasteiger partial charge on any atom is 0.253 e. The average molecular weight is 265 g/mol. The molecule has 0 N–H and O–H groups in total. The van der Waals surface area contributed by atoms with Crippen LogP contribution in [0.25, 0.3) is 0 Å². The van der Waals surface area contributed by atoms with Crippen LogP contribution >= 0.6 is 12.6 Å². The van der Waals surface area contributed by atoms with Crippen LogP contribution in [-0.4, -0.2) is 37.6 Å². The fourth-order valence-corrected chi connectivity index (χ4v) is 2.37. The Morgan fingerprint density at radius 3 is 2.56 bits per heavy atom. The summed E-state index contributed by atoms with van der Waals surface area (Å²) in [5.74, 6) is 0.645. The Hall–Kier alpha value is -1.00. The third-order valence-corrected chi connectivity index (χ3v) is 3.63. The minimum atomic E-state index is 0.0785. The number of nitrogens with zero attached hydrogens (tertiary/aromatic N) is 1. The topological polar surface area (TPSA) is 29.5 Å². The smallest absolute Gasteiger partial charge is 0.253 e. The second-order valence-corrected chi connectivity index (χ2v) is 5.30.